The lowest BCUT2D eigenvalue weighted by molar-refractivity contribution is 0.479. The van der Waals surface area contributed by atoms with Crippen LogP contribution in [0.3, 0.4) is 0 Å². The molecule has 1 aliphatic heterocycles. The molecular formula is C16H11N5O9S3. The van der Waals surface area contributed by atoms with Crippen LogP contribution in [0.1, 0.15) is 0 Å². The van der Waals surface area contributed by atoms with Gasteiger partial charge in [0.15, 0.2) is 4.90 Å². The van der Waals surface area contributed by atoms with Crippen LogP contribution in [0.25, 0.3) is 10.8 Å². The third kappa shape index (κ3) is 4.08. The summed E-state index contributed by atoms with van der Waals surface area (Å²) in [6.07, 6.45) is 0. The molecule has 0 fully saturated rings. The van der Waals surface area contributed by atoms with Gasteiger partial charge in [0.1, 0.15) is 22.0 Å². The van der Waals surface area contributed by atoms with Gasteiger partial charge in [0.05, 0.1) is 10.6 Å². The number of hydrogen-bond acceptors (Lipinski definition) is 11. The van der Waals surface area contributed by atoms with E-state index in [1.807, 2.05) is 0 Å². The number of hydrogen-bond donors (Lipinski definition) is 4. The SMILES string of the molecule is Nc1ccc(N=Nc2c(S(=O)(=O)O)cc3c(S(=O)(=O)O)c2N=N3)c2ccc(S(=O)(=O)O)cc12. The van der Waals surface area contributed by atoms with Crippen LogP contribution < -0.4 is 5.73 Å². The molecule has 0 radical (unpaired) electrons. The molecule has 0 amide bonds. The molecule has 17 heteroatoms. The van der Waals surface area contributed by atoms with E-state index in [2.05, 4.69) is 20.5 Å². The number of nitrogens with two attached hydrogens (primary N) is 1. The summed E-state index contributed by atoms with van der Waals surface area (Å²) in [4.78, 5) is -2.11. The summed E-state index contributed by atoms with van der Waals surface area (Å²) in [7, 11) is -14.4. The minimum absolute atomic E-state index is 0.0296. The van der Waals surface area contributed by atoms with E-state index < -0.39 is 62.1 Å². The third-order valence-corrected chi connectivity index (χ3v) is 7.16. The van der Waals surface area contributed by atoms with E-state index in [0.29, 0.717) is 6.07 Å². The Morgan fingerprint density at radius 3 is 2.06 bits per heavy atom. The van der Waals surface area contributed by atoms with Crippen LogP contribution in [0.5, 0.6) is 0 Å². The molecule has 33 heavy (non-hydrogen) atoms. The molecule has 3 aromatic carbocycles. The number of benzene rings is 3. The van der Waals surface area contributed by atoms with Crippen LogP contribution in [0, 0.1) is 0 Å². The van der Waals surface area contributed by atoms with E-state index >= 15 is 0 Å². The van der Waals surface area contributed by atoms with E-state index in [9.17, 15) is 38.9 Å². The van der Waals surface area contributed by atoms with Crippen LogP contribution in [0.4, 0.5) is 28.4 Å². The van der Waals surface area contributed by atoms with Gasteiger partial charge in [-0.2, -0.15) is 25.3 Å². The zero-order chi connectivity index (χ0) is 24.3. The fourth-order valence-corrected chi connectivity index (χ4v) is 5.00. The molecule has 1 heterocycles. The Bertz CT molecular complexity index is 1750. The highest BCUT2D eigenvalue weighted by Crippen LogP contribution is 2.50. The quantitative estimate of drug-likeness (QED) is 0.172. The topological polar surface area (TPSA) is 239 Å². The maximum atomic E-state index is 11.8. The number of rotatable bonds is 5. The van der Waals surface area contributed by atoms with Crippen molar-refractivity contribution in [2.75, 3.05) is 5.73 Å². The lowest BCUT2D eigenvalue weighted by atomic mass is 10.1. The molecule has 0 aromatic heterocycles. The summed E-state index contributed by atoms with van der Waals surface area (Å²) in [5.41, 5.74) is 4.13. The maximum Gasteiger partial charge on any atom is 0.299 e. The summed E-state index contributed by atoms with van der Waals surface area (Å²) in [5, 5.41) is 15.0. The Hall–Kier alpha value is -3.35. The number of azo groups is 2. The van der Waals surface area contributed by atoms with Gasteiger partial charge in [-0.3, -0.25) is 13.7 Å². The summed E-state index contributed by atoms with van der Waals surface area (Å²) < 4.78 is 98.0. The maximum absolute atomic E-state index is 11.8. The summed E-state index contributed by atoms with van der Waals surface area (Å²) in [5.74, 6) is 0. The molecule has 172 valence electrons. The van der Waals surface area contributed by atoms with Gasteiger partial charge in [0.2, 0.25) is 0 Å². The summed E-state index contributed by atoms with van der Waals surface area (Å²) in [6, 6.07) is 6.75. The van der Waals surface area contributed by atoms with Gasteiger partial charge in [0, 0.05) is 16.5 Å². The summed E-state index contributed by atoms with van der Waals surface area (Å²) >= 11 is 0. The molecule has 2 bridgehead atoms. The first-order chi connectivity index (χ1) is 15.2. The van der Waals surface area contributed by atoms with Crippen molar-refractivity contribution in [2.24, 2.45) is 20.5 Å². The second-order valence-corrected chi connectivity index (χ2v) is 10.8. The number of anilines is 1. The molecule has 5 N–H and O–H groups in total. The van der Waals surface area contributed by atoms with Gasteiger partial charge in [-0.05, 0) is 30.3 Å². The van der Waals surface area contributed by atoms with E-state index in [-0.39, 0.29) is 22.1 Å². The zero-order valence-corrected chi connectivity index (χ0v) is 18.3. The van der Waals surface area contributed by atoms with Crippen molar-refractivity contribution in [3.8, 4) is 0 Å². The van der Waals surface area contributed by atoms with Gasteiger partial charge < -0.3 is 5.73 Å². The van der Waals surface area contributed by atoms with Crippen LogP contribution in [0.2, 0.25) is 0 Å². The van der Waals surface area contributed by atoms with Crippen molar-refractivity contribution in [1.82, 2.24) is 0 Å². The first kappa shape index (κ1) is 22.8. The lowest BCUT2D eigenvalue weighted by Crippen LogP contribution is -2.02. The van der Waals surface area contributed by atoms with Gasteiger partial charge in [-0.1, -0.05) is 6.07 Å². The van der Waals surface area contributed by atoms with Crippen molar-refractivity contribution < 1.29 is 38.9 Å². The van der Waals surface area contributed by atoms with Crippen LogP contribution >= 0.6 is 0 Å². The predicted octanol–water partition coefficient (Wildman–Crippen LogP) is 3.31. The first-order valence-electron chi connectivity index (χ1n) is 8.47. The monoisotopic (exact) mass is 513 g/mol. The number of nitrogens with zero attached hydrogens (tertiary/aromatic N) is 4. The van der Waals surface area contributed by atoms with Gasteiger partial charge >= 0.3 is 0 Å². The van der Waals surface area contributed by atoms with Gasteiger partial charge in [0.25, 0.3) is 30.4 Å². The van der Waals surface area contributed by atoms with E-state index in [0.717, 1.165) is 12.1 Å². The molecule has 0 saturated heterocycles. The van der Waals surface area contributed by atoms with E-state index in [1.165, 1.54) is 18.2 Å². The fraction of sp³-hybridized carbons (Fsp3) is 0. The molecule has 0 spiro atoms. The Morgan fingerprint density at radius 2 is 1.45 bits per heavy atom. The van der Waals surface area contributed by atoms with Gasteiger partial charge in [-0.15, -0.1) is 20.5 Å². The van der Waals surface area contributed by atoms with Crippen molar-refractivity contribution in [3.05, 3.63) is 36.4 Å². The summed E-state index contributed by atoms with van der Waals surface area (Å²) in [6.45, 7) is 0. The fourth-order valence-electron chi connectivity index (χ4n) is 3.11. The average Bonchev–Trinajstić information content (AvgIpc) is 3.03. The predicted molar refractivity (Wildman–Crippen MR) is 113 cm³/mol. The molecular weight excluding hydrogens is 502 g/mol. The van der Waals surface area contributed by atoms with Gasteiger partial charge in [-0.25, -0.2) is 0 Å². The highest BCUT2D eigenvalue weighted by atomic mass is 32.2. The standard InChI is InChI=1S/C16H11N5O9S3/c17-10-3-4-11(8-2-1-7(5-9(8)10)31(22,23)24)18-20-14-13(32(25,26)27)6-12-16(33(28,29)30)15(14)21-19-12/h1-6H,17H2,(H,22,23,24)(H,25,26,27)(H,28,29,30). The van der Waals surface area contributed by atoms with E-state index in [1.54, 1.807) is 0 Å². The Balaban J connectivity index is 1.96. The van der Waals surface area contributed by atoms with Crippen LogP contribution in [-0.2, 0) is 30.4 Å². The second-order valence-electron chi connectivity index (χ2n) is 6.63. The highest BCUT2D eigenvalue weighted by Gasteiger charge is 2.34. The number of nitrogen functional groups attached to an aromatic ring is 1. The van der Waals surface area contributed by atoms with E-state index in [4.69, 9.17) is 5.73 Å². The second kappa shape index (κ2) is 7.33. The number of fused-ring (bicyclic) bond motifs is 3. The minimum Gasteiger partial charge on any atom is -0.398 e. The Labute approximate surface area is 185 Å². The van der Waals surface area contributed by atoms with Crippen LogP contribution in [0.15, 0.2) is 71.5 Å². The van der Waals surface area contributed by atoms with Crippen molar-refractivity contribution >= 4 is 69.6 Å². The molecule has 3 aromatic rings. The normalized spacial score (nSPS) is 13.9. The third-order valence-electron chi connectivity index (χ3n) is 4.52. The first-order valence-corrected chi connectivity index (χ1v) is 12.8. The molecule has 14 nitrogen and oxygen atoms in total. The smallest absolute Gasteiger partial charge is 0.299 e. The van der Waals surface area contributed by atoms with Crippen molar-refractivity contribution in [3.63, 3.8) is 0 Å². The highest BCUT2D eigenvalue weighted by molar-refractivity contribution is 7.86. The molecule has 1 aliphatic rings. The molecule has 0 atom stereocenters. The molecule has 4 rings (SSSR count). The largest absolute Gasteiger partial charge is 0.398 e. The minimum atomic E-state index is -4.94. The zero-order valence-electron chi connectivity index (χ0n) is 15.8. The average molecular weight is 513 g/mol. The van der Waals surface area contributed by atoms with Crippen LogP contribution in [-0.4, -0.2) is 38.9 Å². The molecule has 0 saturated carbocycles. The Kier molecular flexibility index (Phi) is 5.07. The molecule has 0 aliphatic carbocycles. The molecule has 0 unspecified atom stereocenters. The Morgan fingerprint density at radius 1 is 0.758 bits per heavy atom. The van der Waals surface area contributed by atoms with Crippen molar-refractivity contribution in [1.29, 1.82) is 0 Å². The van der Waals surface area contributed by atoms with Crippen molar-refractivity contribution in [2.45, 2.75) is 14.7 Å². The lowest BCUT2D eigenvalue weighted by Gasteiger charge is -2.08.